The molecular formula is C12H10ClFN2O2S. The average Bonchev–Trinajstić information content (AvgIpc) is 2.31. The molecule has 7 heteroatoms. The molecule has 0 aliphatic rings. The van der Waals surface area contributed by atoms with Crippen molar-refractivity contribution in [3.8, 4) is 0 Å². The van der Waals surface area contributed by atoms with Crippen molar-refractivity contribution < 1.29 is 12.8 Å². The fourth-order valence-electron chi connectivity index (χ4n) is 1.52. The zero-order valence-corrected chi connectivity index (χ0v) is 11.5. The van der Waals surface area contributed by atoms with Gasteiger partial charge < -0.3 is 0 Å². The fraction of sp³-hybridized carbons (Fsp3) is 0.0833. The number of hydrogen-bond acceptors (Lipinski definition) is 3. The van der Waals surface area contributed by atoms with E-state index in [1.807, 2.05) is 0 Å². The number of anilines is 1. The molecular weight excluding hydrogens is 291 g/mol. The normalized spacial score (nSPS) is 11.3. The van der Waals surface area contributed by atoms with Gasteiger partial charge in [-0.2, -0.15) is 0 Å². The average molecular weight is 301 g/mol. The van der Waals surface area contributed by atoms with Crippen molar-refractivity contribution in [2.45, 2.75) is 11.8 Å². The van der Waals surface area contributed by atoms with E-state index in [0.717, 1.165) is 6.07 Å². The van der Waals surface area contributed by atoms with E-state index in [-0.39, 0.29) is 5.02 Å². The minimum atomic E-state index is -4.08. The lowest BCUT2D eigenvalue weighted by molar-refractivity contribution is 0.570. The van der Waals surface area contributed by atoms with E-state index in [9.17, 15) is 12.8 Å². The molecule has 0 fully saturated rings. The summed E-state index contributed by atoms with van der Waals surface area (Å²) in [5, 5.41) is -0.167. The van der Waals surface area contributed by atoms with Crippen LogP contribution in [0.5, 0.6) is 0 Å². The highest BCUT2D eigenvalue weighted by Gasteiger charge is 2.23. The van der Waals surface area contributed by atoms with Crippen LogP contribution in [0.25, 0.3) is 0 Å². The Labute approximate surface area is 115 Å². The van der Waals surface area contributed by atoms with Crippen LogP contribution >= 0.6 is 11.6 Å². The quantitative estimate of drug-likeness (QED) is 0.948. The largest absolute Gasteiger partial charge is 0.279 e. The molecule has 4 nitrogen and oxygen atoms in total. The molecule has 2 rings (SSSR count). The molecule has 1 aromatic carbocycles. The molecule has 0 bridgehead atoms. The van der Waals surface area contributed by atoms with Crippen LogP contribution in [0.1, 0.15) is 5.56 Å². The van der Waals surface area contributed by atoms with Gasteiger partial charge in [-0.1, -0.05) is 17.7 Å². The summed E-state index contributed by atoms with van der Waals surface area (Å²) < 4.78 is 40.2. The van der Waals surface area contributed by atoms with Crippen LogP contribution in [0.2, 0.25) is 5.02 Å². The first-order valence-corrected chi connectivity index (χ1v) is 7.15. The van der Waals surface area contributed by atoms with Gasteiger partial charge in [-0.3, -0.25) is 9.71 Å². The predicted octanol–water partition coefficient (Wildman–Crippen LogP) is 2.98. The number of hydrogen-bond donors (Lipinski definition) is 1. The van der Waals surface area contributed by atoms with Crippen molar-refractivity contribution in [3.05, 3.63) is 53.1 Å². The van der Waals surface area contributed by atoms with E-state index in [0.29, 0.717) is 11.3 Å². The fourth-order valence-corrected chi connectivity index (χ4v) is 3.26. The highest BCUT2D eigenvalue weighted by molar-refractivity contribution is 7.92. The first-order valence-electron chi connectivity index (χ1n) is 5.29. The molecule has 0 aliphatic heterocycles. The van der Waals surface area contributed by atoms with Gasteiger partial charge in [0.1, 0.15) is 10.7 Å². The van der Waals surface area contributed by atoms with Crippen LogP contribution in [0, 0.1) is 12.7 Å². The zero-order valence-electron chi connectivity index (χ0n) is 9.89. The Hall–Kier alpha value is -1.66. The summed E-state index contributed by atoms with van der Waals surface area (Å²) in [6.07, 6.45) is 2.94. The Balaban J connectivity index is 2.47. The van der Waals surface area contributed by atoms with E-state index in [4.69, 9.17) is 11.6 Å². The Morgan fingerprint density at radius 3 is 2.68 bits per heavy atom. The minimum Gasteiger partial charge on any atom is -0.279 e. The van der Waals surface area contributed by atoms with Gasteiger partial charge in [0, 0.05) is 12.4 Å². The molecule has 0 unspecified atom stereocenters. The van der Waals surface area contributed by atoms with Crippen LogP contribution in [0.15, 0.2) is 41.6 Å². The van der Waals surface area contributed by atoms with Crippen LogP contribution in [0.4, 0.5) is 10.1 Å². The summed E-state index contributed by atoms with van der Waals surface area (Å²) in [7, 11) is -4.08. The summed E-state index contributed by atoms with van der Waals surface area (Å²) in [5.41, 5.74) is 0.952. The molecule has 100 valence electrons. The molecule has 2 aromatic rings. The third-order valence-electron chi connectivity index (χ3n) is 2.45. The standard InChI is InChI=1S/C12H10ClFN2O2S/c1-8-7-15-6-5-11(8)16-19(17,18)12-9(13)3-2-4-10(12)14/h2-7H,1H3,(H,15,16). The molecule has 0 saturated carbocycles. The molecule has 0 aliphatic carbocycles. The topological polar surface area (TPSA) is 59.1 Å². The molecule has 1 aromatic heterocycles. The van der Waals surface area contributed by atoms with Gasteiger partial charge in [0.05, 0.1) is 10.7 Å². The molecule has 0 atom stereocenters. The Kier molecular flexibility index (Phi) is 3.73. The monoisotopic (exact) mass is 300 g/mol. The number of rotatable bonds is 3. The van der Waals surface area contributed by atoms with Crippen LogP contribution in [0.3, 0.4) is 0 Å². The molecule has 19 heavy (non-hydrogen) atoms. The maximum absolute atomic E-state index is 13.6. The SMILES string of the molecule is Cc1cnccc1NS(=O)(=O)c1c(F)cccc1Cl. The first kappa shape index (κ1) is 13.8. The summed E-state index contributed by atoms with van der Waals surface area (Å²) in [6.45, 7) is 1.69. The van der Waals surface area contributed by atoms with E-state index in [1.165, 1.54) is 30.6 Å². The second-order valence-electron chi connectivity index (χ2n) is 3.85. The zero-order chi connectivity index (χ0) is 14.0. The van der Waals surface area contributed by atoms with E-state index in [1.54, 1.807) is 6.92 Å². The van der Waals surface area contributed by atoms with Crippen molar-refractivity contribution in [1.82, 2.24) is 4.98 Å². The van der Waals surface area contributed by atoms with Gasteiger partial charge in [0.2, 0.25) is 0 Å². The number of aromatic nitrogens is 1. The van der Waals surface area contributed by atoms with Gasteiger partial charge in [0.15, 0.2) is 0 Å². The van der Waals surface area contributed by atoms with Gasteiger partial charge in [0.25, 0.3) is 10.0 Å². The van der Waals surface area contributed by atoms with Crippen molar-refractivity contribution in [2.75, 3.05) is 4.72 Å². The highest BCUT2D eigenvalue weighted by atomic mass is 35.5. The minimum absolute atomic E-state index is 0.167. The molecule has 0 spiro atoms. The van der Waals surface area contributed by atoms with Crippen molar-refractivity contribution in [3.63, 3.8) is 0 Å². The number of nitrogens with zero attached hydrogens (tertiary/aromatic N) is 1. The molecule has 0 radical (unpaired) electrons. The molecule has 0 amide bonds. The van der Waals surface area contributed by atoms with Gasteiger partial charge in [-0.05, 0) is 30.7 Å². The Morgan fingerprint density at radius 1 is 1.32 bits per heavy atom. The molecule has 1 heterocycles. The van der Waals surface area contributed by atoms with E-state index < -0.39 is 20.7 Å². The second-order valence-corrected chi connectivity index (χ2v) is 5.87. The molecule has 1 N–H and O–H groups in total. The molecule has 0 saturated heterocycles. The third-order valence-corrected chi connectivity index (χ3v) is 4.32. The van der Waals surface area contributed by atoms with Crippen LogP contribution in [-0.2, 0) is 10.0 Å². The van der Waals surface area contributed by atoms with Crippen molar-refractivity contribution in [2.24, 2.45) is 0 Å². The number of benzene rings is 1. The summed E-state index contributed by atoms with van der Waals surface area (Å²) in [6, 6.07) is 5.19. The van der Waals surface area contributed by atoms with Crippen LogP contribution < -0.4 is 4.72 Å². The summed E-state index contributed by atoms with van der Waals surface area (Å²) in [5.74, 6) is -0.897. The number of sulfonamides is 1. The lowest BCUT2D eigenvalue weighted by atomic mass is 10.3. The Bertz CT molecular complexity index is 699. The number of nitrogens with one attached hydrogen (secondary N) is 1. The summed E-state index contributed by atoms with van der Waals surface area (Å²) >= 11 is 5.75. The highest BCUT2D eigenvalue weighted by Crippen LogP contribution is 2.26. The van der Waals surface area contributed by atoms with Gasteiger partial charge >= 0.3 is 0 Å². The second kappa shape index (κ2) is 5.14. The van der Waals surface area contributed by atoms with Crippen molar-refractivity contribution in [1.29, 1.82) is 0 Å². The summed E-state index contributed by atoms with van der Waals surface area (Å²) in [4.78, 5) is 3.29. The maximum Gasteiger partial charge on any atom is 0.266 e. The van der Waals surface area contributed by atoms with Crippen LogP contribution in [-0.4, -0.2) is 13.4 Å². The number of aryl methyl sites for hydroxylation is 1. The third kappa shape index (κ3) is 2.85. The number of halogens is 2. The maximum atomic E-state index is 13.6. The predicted molar refractivity (Wildman–Crippen MR) is 71.2 cm³/mol. The van der Waals surface area contributed by atoms with E-state index in [2.05, 4.69) is 9.71 Å². The smallest absolute Gasteiger partial charge is 0.266 e. The Morgan fingerprint density at radius 2 is 2.05 bits per heavy atom. The van der Waals surface area contributed by atoms with E-state index >= 15 is 0 Å². The first-order chi connectivity index (χ1) is 8.92. The van der Waals surface area contributed by atoms with Crippen molar-refractivity contribution >= 4 is 27.3 Å². The van der Waals surface area contributed by atoms with Gasteiger partial charge in [-0.15, -0.1) is 0 Å². The lowest BCUT2D eigenvalue weighted by Crippen LogP contribution is -2.16. The lowest BCUT2D eigenvalue weighted by Gasteiger charge is -2.11. The van der Waals surface area contributed by atoms with Gasteiger partial charge in [-0.25, -0.2) is 12.8 Å². The number of pyridine rings is 1.